The van der Waals surface area contributed by atoms with Crippen molar-refractivity contribution in [2.45, 2.75) is 13.0 Å². The summed E-state index contributed by atoms with van der Waals surface area (Å²) in [6, 6.07) is 5.82. The van der Waals surface area contributed by atoms with Crippen molar-refractivity contribution in [3.05, 3.63) is 80.0 Å². The van der Waals surface area contributed by atoms with E-state index in [1.165, 1.54) is 11.4 Å². The number of aromatic nitrogens is 1. The molecule has 0 aliphatic heterocycles. The van der Waals surface area contributed by atoms with Crippen LogP contribution in [-0.4, -0.2) is 16.1 Å². The molecule has 1 heterocycles. The van der Waals surface area contributed by atoms with Gasteiger partial charge in [-0.05, 0) is 18.2 Å². The first-order valence-electron chi connectivity index (χ1n) is 7.56. The van der Waals surface area contributed by atoms with E-state index in [4.69, 9.17) is 21.4 Å². The summed E-state index contributed by atoms with van der Waals surface area (Å²) in [7, 11) is 0. The average molecular weight is 414 g/mol. The van der Waals surface area contributed by atoms with Gasteiger partial charge in [-0.3, -0.25) is 0 Å². The molecule has 0 radical (unpaired) electrons. The Bertz CT molecular complexity index is 986. The zero-order valence-corrected chi connectivity index (χ0v) is 15.1. The quantitative estimate of drug-likeness (QED) is 0.612. The standard InChI is InChI=1S/C18H11ClF3NO3S/c19-10-1-2-16(26-7-12-13(21)5-11(20)6-14(12)22)9(3-10)4-17-23-15(8-27-17)18(24)25/h1-3,5-6,8H,4,7H2,(H,24,25). The minimum Gasteiger partial charge on any atom is -0.488 e. The number of carboxylic acids is 1. The van der Waals surface area contributed by atoms with Crippen LogP contribution in [0.5, 0.6) is 5.75 Å². The molecule has 0 saturated heterocycles. The molecule has 3 aromatic rings. The van der Waals surface area contributed by atoms with Crippen LogP contribution >= 0.6 is 22.9 Å². The Morgan fingerprint density at radius 2 is 1.89 bits per heavy atom. The van der Waals surface area contributed by atoms with Crippen molar-refractivity contribution in [3.63, 3.8) is 0 Å². The Hall–Kier alpha value is -2.58. The number of nitrogens with zero attached hydrogens (tertiary/aromatic N) is 1. The smallest absolute Gasteiger partial charge is 0.355 e. The van der Waals surface area contributed by atoms with Crippen LogP contribution in [-0.2, 0) is 13.0 Å². The molecule has 0 atom stereocenters. The summed E-state index contributed by atoms with van der Waals surface area (Å²) in [6.45, 7) is -0.454. The van der Waals surface area contributed by atoms with E-state index < -0.39 is 35.6 Å². The van der Waals surface area contributed by atoms with Crippen molar-refractivity contribution < 1.29 is 27.8 Å². The van der Waals surface area contributed by atoms with Crippen LogP contribution in [0.2, 0.25) is 5.02 Å². The number of hydrogen-bond acceptors (Lipinski definition) is 4. The first-order valence-corrected chi connectivity index (χ1v) is 8.81. The van der Waals surface area contributed by atoms with Crippen LogP contribution in [0.1, 0.15) is 26.6 Å². The number of rotatable bonds is 6. The van der Waals surface area contributed by atoms with E-state index in [1.54, 1.807) is 12.1 Å². The summed E-state index contributed by atoms with van der Waals surface area (Å²) in [5.41, 5.74) is 0.0892. The molecule has 9 heteroatoms. The van der Waals surface area contributed by atoms with E-state index in [9.17, 15) is 18.0 Å². The maximum absolute atomic E-state index is 13.8. The third-order valence-electron chi connectivity index (χ3n) is 3.61. The van der Waals surface area contributed by atoms with E-state index in [0.717, 1.165) is 11.3 Å². The van der Waals surface area contributed by atoms with Crippen LogP contribution in [0.3, 0.4) is 0 Å². The molecule has 0 aliphatic rings. The Morgan fingerprint density at radius 3 is 2.52 bits per heavy atom. The lowest BCUT2D eigenvalue weighted by molar-refractivity contribution is 0.0691. The van der Waals surface area contributed by atoms with Gasteiger partial charge in [0, 0.05) is 34.5 Å². The van der Waals surface area contributed by atoms with Gasteiger partial charge in [0.1, 0.15) is 29.8 Å². The predicted octanol–water partition coefficient (Wildman–Crippen LogP) is 5.08. The molecule has 0 spiro atoms. The summed E-state index contributed by atoms with van der Waals surface area (Å²) in [4.78, 5) is 14.9. The van der Waals surface area contributed by atoms with Crippen LogP contribution in [0.25, 0.3) is 0 Å². The lowest BCUT2D eigenvalue weighted by Gasteiger charge is -2.12. The monoisotopic (exact) mass is 413 g/mol. The zero-order valence-electron chi connectivity index (χ0n) is 13.5. The Balaban J connectivity index is 1.83. The lowest BCUT2D eigenvalue weighted by Crippen LogP contribution is -2.05. The van der Waals surface area contributed by atoms with Gasteiger partial charge < -0.3 is 9.84 Å². The minimum absolute atomic E-state index is 0.0741. The minimum atomic E-state index is -1.14. The van der Waals surface area contributed by atoms with Gasteiger partial charge in [-0.25, -0.2) is 22.9 Å². The van der Waals surface area contributed by atoms with Gasteiger partial charge in [-0.2, -0.15) is 0 Å². The molecule has 4 nitrogen and oxygen atoms in total. The Morgan fingerprint density at radius 1 is 1.19 bits per heavy atom. The maximum Gasteiger partial charge on any atom is 0.355 e. The molecule has 1 aromatic heterocycles. The molecular weight excluding hydrogens is 403 g/mol. The SMILES string of the molecule is O=C(O)c1csc(Cc2cc(Cl)ccc2OCc2c(F)cc(F)cc2F)n1. The second-order valence-electron chi connectivity index (χ2n) is 5.50. The molecule has 0 fully saturated rings. The summed E-state index contributed by atoms with van der Waals surface area (Å²) >= 11 is 7.15. The molecular formula is C18H11ClF3NO3S. The highest BCUT2D eigenvalue weighted by Gasteiger charge is 2.15. The number of halogens is 4. The number of carbonyl (C=O) groups is 1. The summed E-state index contributed by atoms with van der Waals surface area (Å²) in [5.74, 6) is -3.95. The van der Waals surface area contributed by atoms with Crippen LogP contribution in [0, 0.1) is 17.5 Å². The van der Waals surface area contributed by atoms with E-state index >= 15 is 0 Å². The molecule has 2 aromatic carbocycles. The third kappa shape index (κ3) is 4.58. The van der Waals surface area contributed by atoms with Gasteiger partial charge in [0.2, 0.25) is 0 Å². The normalized spacial score (nSPS) is 10.8. The fourth-order valence-electron chi connectivity index (χ4n) is 2.34. The molecule has 3 rings (SSSR count). The van der Waals surface area contributed by atoms with Gasteiger partial charge >= 0.3 is 5.97 Å². The number of hydrogen-bond donors (Lipinski definition) is 1. The van der Waals surface area contributed by atoms with Crippen LogP contribution in [0.15, 0.2) is 35.7 Å². The second kappa shape index (κ2) is 7.98. The predicted molar refractivity (Wildman–Crippen MR) is 94.0 cm³/mol. The van der Waals surface area contributed by atoms with Gasteiger partial charge in [-0.1, -0.05) is 11.6 Å². The highest BCUT2D eigenvalue weighted by molar-refractivity contribution is 7.09. The molecule has 0 saturated carbocycles. The van der Waals surface area contributed by atoms with Gasteiger partial charge in [0.25, 0.3) is 0 Å². The second-order valence-corrected chi connectivity index (χ2v) is 6.88. The van der Waals surface area contributed by atoms with E-state index in [-0.39, 0.29) is 12.1 Å². The number of benzene rings is 2. The van der Waals surface area contributed by atoms with E-state index in [2.05, 4.69) is 4.98 Å². The van der Waals surface area contributed by atoms with E-state index in [0.29, 0.717) is 33.5 Å². The van der Waals surface area contributed by atoms with Crippen LogP contribution in [0.4, 0.5) is 13.2 Å². The molecule has 140 valence electrons. The number of ether oxygens (including phenoxy) is 1. The highest BCUT2D eigenvalue weighted by atomic mass is 35.5. The maximum atomic E-state index is 13.8. The molecule has 0 bridgehead atoms. The average Bonchev–Trinajstić information content (AvgIpc) is 3.04. The van der Waals surface area contributed by atoms with Crippen molar-refractivity contribution in [1.29, 1.82) is 0 Å². The largest absolute Gasteiger partial charge is 0.488 e. The van der Waals surface area contributed by atoms with Crippen molar-refractivity contribution in [3.8, 4) is 5.75 Å². The molecule has 0 unspecified atom stereocenters. The van der Waals surface area contributed by atoms with Gasteiger partial charge in [0.05, 0.1) is 10.6 Å². The van der Waals surface area contributed by atoms with Crippen molar-refractivity contribution >= 4 is 28.9 Å². The molecule has 27 heavy (non-hydrogen) atoms. The molecule has 0 amide bonds. The summed E-state index contributed by atoms with van der Waals surface area (Å²) in [5, 5.41) is 11.3. The number of thiazole rings is 1. The van der Waals surface area contributed by atoms with Crippen molar-refractivity contribution in [1.82, 2.24) is 4.98 Å². The topological polar surface area (TPSA) is 59.4 Å². The zero-order chi connectivity index (χ0) is 19.6. The fraction of sp³-hybridized carbons (Fsp3) is 0.111. The Kier molecular flexibility index (Phi) is 5.67. The van der Waals surface area contributed by atoms with E-state index in [1.807, 2.05) is 0 Å². The number of carboxylic acid groups (broad SMARTS) is 1. The van der Waals surface area contributed by atoms with Crippen molar-refractivity contribution in [2.75, 3.05) is 0 Å². The first kappa shape index (κ1) is 19.2. The van der Waals surface area contributed by atoms with Gasteiger partial charge in [-0.15, -0.1) is 11.3 Å². The Labute approximate surface area is 160 Å². The first-order chi connectivity index (χ1) is 12.8. The molecule has 0 aliphatic carbocycles. The third-order valence-corrected chi connectivity index (χ3v) is 4.70. The van der Waals surface area contributed by atoms with Crippen LogP contribution < -0.4 is 4.74 Å². The lowest BCUT2D eigenvalue weighted by atomic mass is 10.1. The number of aromatic carboxylic acids is 1. The molecule has 1 N–H and O–H groups in total. The fourth-order valence-corrected chi connectivity index (χ4v) is 3.33. The summed E-state index contributed by atoms with van der Waals surface area (Å²) < 4.78 is 46.0. The van der Waals surface area contributed by atoms with Crippen molar-refractivity contribution in [2.24, 2.45) is 0 Å². The highest BCUT2D eigenvalue weighted by Crippen LogP contribution is 2.28. The van der Waals surface area contributed by atoms with Gasteiger partial charge in [0.15, 0.2) is 5.69 Å². The summed E-state index contributed by atoms with van der Waals surface area (Å²) in [6.07, 6.45) is 0.224.